The minimum Gasteiger partial charge on any atom is -0.493 e. The molecule has 182 valence electrons. The molecule has 9 nitrogen and oxygen atoms in total. The number of aryl methyl sites for hydroxylation is 2. The first-order valence-electron chi connectivity index (χ1n) is 12.3. The second kappa shape index (κ2) is 10.7. The highest BCUT2D eigenvalue weighted by Crippen LogP contribution is 2.31. The first-order chi connectivity index (χ1) is 16.5. The summed E-state index contributed by atoms with van der Waals surface area (Å²) in [5.41, 5.74) is 3.36. The standard InChI is InChI=1S/C25H35N7O2/c1-5-11-19-21-22(31(4)30-19)24(33)29-23(28-21)18-16-17(12-13-20(18)34-7-3)27-25(26-6-2)32-14-9-8-10-15-32/h12-13,16H,5-11,14-15H2,1-4H3,(H,26,27)(H,28,29,33). The van der Waals surface area contributed by atoms with E-state index in [0.717, 1.165) is 48.8 Å². The predicted molar refractivity (Wildman–Crippen MR) is 137 cm³/mol. The van der Waals surface area contributed by atoms with Crippen LogP contribution in [0.25, 0.3) is 22.4 Å². The van der Waals surface area contributed by atoms with Crippen molar-refractivity contribution in [2.75, 3.05) is 31.6 Å². The van der Waals surface area contributed by atoms with Crippen LogP contribution in [0, 0.1) is 0 Å². The zero-order chi connectivity index (χ0) is 24.1. The minimum absolute atomic E-state index is 0.209. The van der Waals surface area contributed by atoms with E-state index in [1.807, 2.05) is 32.0 Å². The van der Waals surface area contributed by atoms with Crippen LogP contribution >= 0.6 is 0 Å². The molecule has 1 aromatic carbocycles. The Hall–Kier alpha value is -3.36. The molecule has 3 heterocycles. The van der Waals surface area contributed by atoms with Gasteiger partial charge in [-0.1, -0.05) is 13.3 Å². The van der Waals surface area contributed by atoms with E-state index in [1.165, 1.54) is 19.3 Å². The summed E-state index contributed by atoms with van der Waals surface area (Å²) in [7, 11) is 1.78. The van der Waals surface area contributed by atoms with E-state index in [9.17, 15) is 4.79 Å². The number of H-pyrrole nitrogens is 1. The Labute approximate surface area is 200 Å². The van der Waals surface area contributed by atoms with Gasteiger partial charge in [0.25, 0.3) is 5.56 Å². The number of benzene rings is 1. The van der Waals surface area contributed by atoms with Gasteiger partial charge in [0.2, 0.25) is 0 Å². The highest BCUT2D eigenvalue weighted by atomic mass is 16.5. The first-order valence-corrected chi connectivity index (χ1v) is 12.3. The van der Waals surface area contributed by atoms with Crippen LogP contribution in [-0.4, -0.2) is 56.8 Å². The fourth-order valence-electron chi connectivity index (χ4n) is 4.46. The lowest BCUT2D eigenvalue weighted by atomic mass is 10.1. The fraction of sp³-hybridized carbons (Fsp3) is 0.520. The van der Waals surface area contributed by atoms with Crippen LogP contribution in [0.5, 0.6) is 5.75 Å². The third-order valence-corrected chi connectivity index (χ3v) is 6.00. The Morgan fingerprint density at radius 2 is 2.00 bits per heavy atom. The summed E-state index contributed by atoms with van der Waals surface area (Å²) in [6.45, 7) is 9.30. The summed E-state index contributed by atoms with van der Waals surface area (Å²) >= 11 is 0. The molecule has 0 amide bonds. The second-order valence-corrected chi connectivity index (χ2v) is 8.55. The molecule has 2 N–H and O–H groups in total. The summed E-state index contributed by atoms with van der Waals surface area (Å²) in [6, 6.07) is 5.87. The number of likely N-dealkylation sites (tertiary alicyclic amines) is 1. The van der Waals surface area contributed by atoms with Crippen LogP contribution in [0.15, 0.2) is 28.0 Å². The summed E-state index contributed by atoms with van der Waals surface area (Å²) in [4.78, 5) is 27.8. The highest BCUT2D eigenvalue weighted by molar-refractivity contribution is 5.94. The van der Waals surface area contributed by atoms with Gasteiger partial charge in [-0.25, -0.2) is 4.98 Å². The number of ether oxygens (including phenoxy) is 1. The number of nitrogens with one attached hydrogen (secondary N) is 2. The quantitative estimate of drug-likeness (QED) is 0.405. The number of aliphatic imine (C=N–C) groups is 1. The van der Waals surface area contributed by atoms with E-state index in [-0.39, 0.29) is 5.56 Å². The van der Waals surface area contributed by atoms with Crippen molar-refractivity contribution >= 4 is 22.7 Å². The van der Waals surface area contributed by atoms with E-state index >= 15 is 0 Å². The highest BCUT2D eigenvalue weighted by Gasteiger charge is 2.19. The summed E-state index contributed by atoms with van der Waals surface area (Å²) < 4.78 is 7.51. The van der Waals surface area contributed by atoms with Crippen LogP contribution in [0.4, 0.5) is 5.69 Å². The molecule has 0 unspecified atom stereocenters. The van der Waals surface area contributed by atoms with Crippen molar-refractivity contribution in [1.82, 2.24) is 24.6 Å². The zero-order valence-electron chi connectivity index (χ0n) is 20.6. The lowest BCUT2D eigenvalue weighted by molar-refractivity contribution is 0.340. The number of nitrogens with zero attached hydrogens (tertiary/aromatic N) is 5. The van der Waals surface area contributed by atoms with E-state index in [0.29, 0.717) is 35.8 Å². The number of fused-ring (bicyclic) bond motifs is 1. The number of hydrogen-bond acceptors (Lipinski definition) is 5. The molecule has 0 atom stereocenters. The SMILES string of the molecule is CCCc1nn(C)c2c(=O)[nH]c(-c3cc(NC(=NCC)N4CCCCC4)ccc3OCC)nc12. The van der Waals surface area contributed by atoms with Gasteiger partial charge in [0, 0.05) is 32.4 Å². The van der Waals surface area contributed by atoms with Gasteiger partial charge < -0.3 is 19.9 Å². The van der Waals surface area contributed by atoms with Gasteiger partial charge in [0.15, 0.2) is 11.5 Å². The first kappa shape index (κ1) is 23.8. The van der Waals surface area contributed by atoms with Crippen molar-refractivity contribution in [2.24, 2.45) is 12.0 Å². The van der Waals surface area contributed by atoms with Gasteiger partial charge in [-0.2, -0.15) is 5.10 Å². The Morgan fingerprint density at radius 3 is 2.71 bits per heavy atom. The Bertz CT molecular complexity index is 1220. The normalized spacial score (nSPS) is 14.6. The molecule has 3 aromatic rings. The van der Waals surface area contributed by atoms with Crippen molar-refractivity contribution < 1.29 is 4.74 Å². The van der Waals surface area contributed by atoms with Crippen LogP contribution in [-0.2, 0) is 13.5 Å². The Morgan fingerprint density at radius 1 is 1.21 bits per heavy atom. The maximum Gasteiger partial charge on any atom is 0.277 e. The lowest BCUT2D eigenvalue weighted by Crippen LogP contribution is -2.40. The molecule has 0 saturated carbocycles. The smallest absolute Gasteiger partial charge is 0.277 e. The summed E-state index contributed by atoms with van der Waals surface area (Å²) in [5, 5.41) is 8.03. The predicted octanol–water partition coefficient (Wildman–Crippen LogP) is 3.95. The van der Waals surface area contributed by atoms with Gasteiger partial charge in [-0.05, 0) is 57.7 Å². The molecule has 0 aliphatic carbocycles. The van der Waals surface area contributed by atoms with Gasteiger partial charge in [0.05, 0.1) is 17.9 Å². The van der Waals surface area contributed by atoms with Crippen molar-refractivity contribution in [2.45, 2.75) is 52.9 Å². The lowest BCUT2D eigenvalue weighted by Gasteiger charge is -2.30. The number of anilines is 1. The molecule has 2 aromatic heterocycles. The number of rotatable bonds is 7. The van der Waals surface area contributed by atoms with Crippen molar-refractivity contribution in [3.05, 3.63) is 34.2 Å². The molecule has 9 heteroatoms. The number of piperidine rings is 1. The molecule has 0 radical (unpaired) electrons. The van der Waals surface area contributed by atoms with Gasteiger partial charge in [-0.15, -0.1) is 0 Å². The fourth-order valence-corrected chi connectivity index (χ4v) is 4.46. The largest absolute Gasteiger partial charge is 0.493 e. The average molecular weight is 466 g/mol. The molecule has 1 fully saturated rings. The van der Waals surface area contributed by atoms with Gasteiger partial charge in [0.1, 0.15) is 17.1 Å². The summed E-state index contributed by atoms with van der Waals surface area (Å²) in [5.74, 6) is 2.03. The molecule has 34 heavy (non-hydrogen) atoms. The molecule has 1 aliphatic heterocycles. The summed E-state index contributed by atoms with van der Waals surface area (Å²) in [6.07, 6.45) is 5.30. The third-order valence-electron chi connectivity index (χ3n) is 6.00. The maximum absolute atomic E-state index is 13.0. The monoisotopic (exact) mass is 465 g/mol. The zero-order valence-corrected chi connectivity index (χ0v) is 20.6. The van der Waals surface area contributed by atoms with Crippen molar-refractivity contribution in [3.63, 3.8) is 0 Å². The Kier molecular flexibility index (Phi) is 7.49. The van der Waals surface area contributed by atoms with Gasteiger partial charge in [-0.3, -0.25) is 14.5 Å². The number of aromatic nitrogens is 4. The molecule has 4 rings (SSSR count). The van der Waals surface area contributed by atoms with Crippen molar-refractivity contribution in [3.8, 4) is 17.1 Å². The van der Waals surface area contributed by atoms with E-state index in [4.69, 9.17) is 14.7 Å². The molecule has 0 spiro atoms. The van der Waals surface area contributed by atoms with Crippen LogP contribution in [0.1, 0.15) is 52.1 Å². The minimum atomic E-state index is -0.209. The van der Waals surface area contributed by atoms with E-state index in [2.05, 4.69) is 27.2 Å². The molecule has 0 bridgehead atoms. The van der Waals surface area contributed by atoms with E-state index in [1.54, 1.807) is 11.7 Å². The molecule has 1 saturated heterocycles. The van der Waals surface area contributed by atoms with E-state index < -0.39 is 0 Å². The average Bonchev–Trinajstić information content (AvgIpc) is 3.16. The molecule has 1 aliphatic rings. The van der Waals surface area contributed by atoms with Crippen LogP contribution < -0.4 is 15.6 Å². The van der Waals surface area contributed by atoms with Crippen LogP contribution in [0.3, 0.4) is 0 Å². The number of aromatic amines is 1. The molecular weight excluding hydrogens is 430 g/mol. The number of hydrogen-bond donors (Lipinski definition) is 2. The maximum atomic E-state index is 13.0. The number of guanidine groups is 1. The molecular formula is C25H35N7O2. The Balaban J connectivity index is 1.77. The van der Waals surface area contributed by atoms with Crippen molar-refractivity contribution in [1.29, 1.82) is 0 Å². The topological polar surface area (TPSA) is 100 Å². The van der Waals surface area contributed by atoms with Crippen LogP contribution in [0.2, 0.25) is 0 Å². The third kappa shape index (κ3) is 4.93. The van der Waals surface area contributed by atoms with Gasteiger partial charge >= 0.3 is 0 Å². The second-order valence-electron chi connectivity index (χ2n) is 8.55.